The van der Waals surface area contributed by atoms with Gasteiger partial charge >= 0.3 is 46.9 Å². The fourth-order valence-electron chi connectivity index (χ4n) is 9.12. The van der Waals surface area contributed by atoms with Crippen molar-refractivity contribution in [2.24, 2.45) is 10.8 Å². The number of fused-ring (bicyclic) bond motifs is 2. The number of aromatic nitrogens is 8. The van der Waals surface area contributed by atoms with Crippen LogP contribution in [0.5, 0.6) is 0 Å². The number of ether oxygens (including phenoxy) is 2. The van der Waals surface area contributed by atoms with E-state index in [1.54, 1.807) is 27.7 Å². The lowest BCUT2D eigenvalue weighted by atomic mass is 9.87. The lowest BCUT2D eigenvalue weighted by Crippen LogP contribution is -2.46. The Kier molecular flexibility index (Phi) is 34.4. The largest absolute Gasteiger partial charge is 0.481 e. The smallest absolute Gasteiger partial charge is 0.386 e. The molecule has 4 amide bonds. The zero-order valence-electron chi connectivity index (χ0n) is 58.3. The van der Waals surface area contributed by atoms with Crippen molar-refractivity contribution in [2.45, 2.75) is 130 Å². The Balaban J connectivity index is 0.000000387. The molecule has 4 unspecified atom stereocenters. The number of carbonyl (C=O) groups is 6. The first-order chi connectivity index (χ1) is 49.8. The molecule has 108 heavy (non-hydrogen) atoms. The van der Waals surface area contributed by atoms with Crippen LogP contribution in [0.25, 0.3) is 22.3 Å². The first-order valence-electron chi connectivity index (χ1n) is 31.2. The average Bonchev–Trinajstić information content (AvgIpc) is 1.62. The van der Waals surface area contributed by atoms with Crippen molar-refractivity contribution in [1.29, 1.82) is 0 Å². The molecule has 0 spiro atoms. The molecule has 608 valence electrons. The summed E-state index contributed by atoms with van der Waals surface area (Å²) in [6.45, 7) is 8.07. The molecule has 6 heterocycles. The molecule has 48 nitrogen and oxygen atoms in total. The Morgan fingerprint density at radius 2 is 0.870 bits per heavy atom. The molecule has 6 rings (SSSR count). The van der Waals surface area contributed by atoms with Crippen LogP contribution >= 0.6 is 70.5 Å². The SMILES string of the molecule is CC(C)=CC(=O)SCCNC(=O)CCNC(=O)[C@H](O)C(C)(C)COP(=O)(O)OP(=O)(O)OC[C@H]1O[C@@H](n2cnc3c(N)ncnc32)[C@H](O)[C@@H]1OP(=O)(O)O.CC(C)=CC(=O)SCCNC(=O)CCNC(=O)[C@H](O)C(C)(C)COP(=O)(O)OP(=O)(O)OC[C@H]1O[C@@H](n2cnc3c(N)ncnc32)[C@H](O)[C@@H]1OP(=O)(O)O. The third-order valence-electron chi connectivity index (χ3n) is 14.3. The number of amides is 4. The number of hydrogen-bond acceptors (Lipinski definition) is 36. The topological polar surface area (TPSA) is 727 Å². The zero-order valence-corrected chi connectivity index (χ0v) is 65.3. The summed E-state index contributed by atoms with van der Waals surface area (Å²) < 4.78 is 124. The van der Waals surface area contributed by atoms with Gasteiger partial charge in [-0.1, -0.05) is 62.4 Å². The second-order valence-corrected chi connectivity index (χ2v) is 35.6. The Bertz CT molecular complexity index is 3940. The standard InChI is InChI=1S/2C26H42N7O17P3S/c2*1-14(2)9-17(35)54-8-7-28-16(34)5-6-29-24(38)21(37)26(3,4)11-47-53(44,45)50-52(42,43)46-10-15-20(49-51(39,40)41)19(36)25(48-15)33-13-32-18-22(27)30-12-31-23(18)33/h2*9,12-13,15,19-21,25,36-37H,5-8,10-11H2,1-4H3,(H,28,34)(H,29,38)(H,42,43)(H,44,45)(H2,27,30,31)(H2,39,40,41)/t2*15-,19-,20-,21+,25-/m11/s1. The highest BCUT2D eigenvalue weighted by Gasteiger charge is 2.53. The van der Waals surface area contributed by atoms with E-state index < -0.39 is 169 Å². The number of aliphatic hydroxyl groups excluding tert-OH is 4. The summed E-state index contributed by atoms with van der Waals surface area (Å²) in [6.07, 6.45) is -10.9. The lowest BCUT2D eigenvalue weighted by Gasteiger charge is -2.30. The fourth-order valence-corrected chi connectivity index (χ4v) is 16.2. The molecule has 0 aromatic carbocycles. The predicted molar refractivity (Wildman–Crippen MR) is 373 cm³/mol. The van der Waals surface area contributed by atoms with Gasteiger partial charge in [-0.15, -0.1) is 0 Å². The van der Waals surface area contributed by atoms with E-state index in [1.165, 1.54) is 39.8 Å². The minimum Gasteiger partial charge on any atom is -0.386 e. The normalized spacial score (nSPS) is 21.9. The number of thioether (sulfide) groups is 2. The summed E-state index contributed by atoms with van der Waals surface area (Å²) in [7, 11) is -32.8. The van der Waals surface area contributed by atoms with Crippen LogP contribution in [0.4, 0.5) is 11.6 Å². The second-order valence-electron chi connectivity index (χ2n) is 24.9. The van der Waals surface area contributed by atoms with Gasteiger partial charge in [-0.05, 0) is 39.8 Å². The van der Waals surface area contributed by atoms with E-state index in [1.807, 2.05) is 0 Å². The summed E-state index contributed by atoms with van der Waals surface area (Å²) in [5.41, 5.74) is 10.2. The maximum absolute atomic E-state index is 12.6. The molecule has 4 aromatic heterocycles. The number of imidazole rings is 2. The molecular weight excluding hydrogens is 1610 g/mol. The number of nitrogens with one attached hydrogen (secondary N) is 4. The number of aliphatic hydroxyl groups is 4. The highest BCUT2D eigenvalue weighted by atomic mass is 32.2. The molecule has 56 heteroatoms. The van der Waals surface area contributed by atoms with E-state index >= 15 is 0 Å². The lowest BCUT2D eigenvalue weighted by molar-refractivity contribution is -0.137. The van der Waals surface area contributed by atoms with Gasteiger partial charge in [-0.25, -0.2) is 57.3 Å². The minimum atomic E-state index is -5.57. The third kappa shape index (κ3) is 29.9. The molecule has 2 saturated heterocycles. The summed E-state index contributed by atoms with van der Waals surface area (Å²) in [4.78, 5) is 174. The Hall–Kier alpha value is -5.40. The third-order valence-corrected chi connectivity index (χ3v) is 22.1. The van der Waals surface area contributed by atoms with Crippen LogP contribution in [0.2, 0.25) is 0 Å². The number of anilines is 2. The molecule has 14 atom stereocenters. The van der Waals surface area contributed by atoms with Crippen molar-refractivity contribution >= 4 is 138 Å². The molecule has 0 aliphatic carbocycles. The van der Waals surface area contributed by atoms with Crippen LogP contribution < -0.4 is 32.7 Å². The number of rotatable bonds is 40. The molecule has 2 aliphatic heterocycles. The van der Waals surface area contributed by atoms with Crippen LogP contribution in [0, 0.1) is 10.8 Å². The first kappa shape index (κ1) is 93.2. The Labute approximate surface area is 621 Å². The van der Waals surface area contributed by atoms with Crippen molar-refractivity contribution in [3.8, 4) is 0 Å². The van der Waals surface area contributed by atoms with Gasteiger partial charge in [0.15, 0.2) is 35.4 Å². The van der Waals surface area contributed by atoms with Crippen molar-refractivity contribution in [3.63, 3.8) is 0 Å². The van der Waals surface area contributed by atoms with Crippen LogP contribution in [-0.2, 0) is 101 Å². The minimum absolute atomic E-state index is 0.0301. The fraction of sp³-hybridized carbons (Fsp3) is 0.615. The van der Waals surface area contributed by atoms with E-state index in [9.17, 15) is 116 Å². The van der Waals surface area contributed by atoms with Gasteiger partial charge in [0.1, 0.15) is 72.5 Å². The number of nitrogens with two attached hydrogens (primary N) is 2. The zero-order chi connectivity index (χ0) is 81.3. The average molecular weight is 1700 g/mol. The molecule has 0 radical (unpaired) electrons. The van der Waals surface area contributed by atoms with Gasteiger partial charge in [0.2, 0.25) is 33.9 Å². The van der Waals surface area contributed by atoms with Crippen LogP contribution in [-0.4, -0.2) is 245 Å². The second kappa shape index (κ2) is 39.9. The van der Waals surface area contributed by atoms with Crippen LogP contribution in [0.1, 0.15) is 80.7 Å². The number of carbonyl (C=O) groups excluding carboxylic acids is 6. The highest BCUT2D eigenvalue weighted by Crippen LogP contribution is 2.63. The van der Waals surface area contributed by atoms with Crippen molar-refractivity contribution in [3.05, 3.63) is 48.6 Å². The molecule has 0 bridgehead atoms. The van der Waals surface area contributed by atoms with Crippen molar-refractivity contribution < 1.29 is 161 Å². The van der Waals surface area contributed by atoms with E-state index in [0.29, 0.717) is 11.5 Å². The highest BCUT2D eigenvalue weighted by molar-refractivity contribution is 8.14. The maximum Gasteiger partial charge on any atom is 0.481 e. The molecule has 2 fully saturated rings. The summed E-state index contributed by atoms with van der Waals surface area (Å²) in [6, 6.07) is 0. The molecule has 20 N–H and O–H groups in total. The van der Waals surface area contributed by atoms with Crippen molar-refractivity contribution in [2.75, 3.05) is 75.6 Å². The summed E-state index contributed by atoms with van der Waals surface area (Å²) in [5, 5.41) is 52.3. The Morgan fingerprint density at radius 1 is 0.537 bits per heavy atom. The number of phosphoric acid groups is 6. The predicted octanol–water partition coefficient (Wildman–Crippen LogP) is -0.738. The molecule has 2 aliphatic rings. The van der Waals surface area contributed by atoms with Crippen LogP contribution in [0.3, 0.4) is 0 Å². The van der Waals surface area contributed by atoms with E-state index in [4.69, 9.17) is 39.0 Å². The van der Waals surface area contributed by atoms with Crippen molar-refractivity contribution in [1.82, 2.24) is 60.3 Å². The van der Waals surface area contributed by atoms with Gasteiger partial charge in [0, 0.05) is 61.4 Å². The number of nitrogens with zero attached hydrogens (tertiary/aromatic N) is 8. The number of hydrogen-bond donors (Lipinski definition) is 18. The number of allylic oxidation sites excluding steroid dienone is 2. The van der Waals surface area contributed by atoms with Gasteiger partial charge in [-0.3, -0.25) is 65.0 Å². The Morgan fingerprint density at radius 3 is 1.19 bits per heavy atom. The number of phosphoric ester groups is 6. The molecule has 0 saturated carbocycles. The molecular formula is C52H84N14O34P6S2. The summed E-state index contributed by atoms with van der Waals surface area (Å²) >= 11 is 2.04. The monoisotopic (exact) mass is 1700 g/mol. The maximum atomic E-state index is 12.6. The van der Waals surface area contributed by atoms with Gasteiger partial charge in [0.25, 0.3) is 0 Å². The summed E-state index contributed by atoms with van der Waals surface area (Å²) in [5.74, 6) is -2.26. The first-order valence-corrected chi connectivity index (χ1v) is 42.2. The number of nitrogen functional groups attached to an aromatic ring is 2. The quantitative estimate of drug-likeness (QED) is 0.0148. The van der Waals surface area contributed by atoms with Gasteiger partial charge in [0.05, 0.1) is 39.1 Å². The van der Waals surface area contributed by atoms with Gasteiger partial charge in [-0.2, -0.15) is 8.62 Å². The van der Waals surface area contributed by atoms with E-state index in [0.717, 1.165) is 69.1 Å². The van der Waals surface area contributed by atoms with Crippen LogP contribution in [0.15, 0.2) is 48.6 Å². The van der Waals surface area contributed by atoms with E-state index in [-0.39, 0.29) is 83.2 Å². The van der Waals surface area contributed by atoms with Gasteiger partial charge < -0.3 is 102 Å². The molecule has 4 aromatic rings. The van der Waals surface area contributed by atoms with E-state index in [2.05, 4.69) is 68.8 Å².